The fourth-order valence-corrected chi connectivity index (χ4v) is 3.13. The first-order valence-electron chi connectivity index (χ1n) is 8.62. The summed E-state index contributed by atoms with van der Waals surface area (Å²) in [5, 5.41) is 0. The number of amides is 2. The minimum atomic E-state index is -0.307. The average molecular weight is 332 g/mol. The molecule has 2 saturated heterocycles. The predicted octanol–water partition coefficient (Wildman–Crippen LogP) is 1.60. The normalized spacial score (nSPS) is 18.0. The summed E-state index contributed by atoms with van der Waals surface area (Å²) in [6.07, 6.45) is 2.05. The summed E-state index contributed by atoms with van der Waals surface area (Å²) in [5.74, 6) is 0.808. The molecule has 0 N–H and O–H groups in total. The Labute approximate surface area is 142 Å². The lowest BCUT2D eigenvalue weighted by Crippen LogP contribution is -2.50. The molecule has 7 heteroatoms. The lowest BCUT2D eigenvalue weighted by Gasteiger charge is -2.34. The summed E-state index contributed by atoms with van der Waals surface area (Å²) in [4.78, 5) is 34.6. The number of hydrogen-bond acceptors (Lipinski definition) is 5. The van der Waals surface area contributed by atoms with Crippen molar-refractivity contribution in [1.29, 1.82) is 0 Å². The highest BCUT2D eigenvalue weighted by atomic mass is 16.6. The molecule has 2 aliphatic heterocycles. The van der Waals surface area contributed by atoms with Crippen LogP contribution in [0.1, 0.15) is 30.3 Å². The maximum atomic E-state index is 12.7. The van der Waals surface area contributed by atoms with E-state index >= 15 is 0 Å². The third kappa shape index (κ3) is 3.60. The van der Waals surface area contributed by atoms with Crippen molar-refractivity contribution in [3.8, 4) is 0 Å². The molecule has 2 fully saturated rings. The molecule has 0 aliphatic carbocycles. The highest BCUT2D eigenvalue weighted by molar-refractivity contribution is 5.92. The lowest BCUT2D eigenvalue weighted by molar-refractivity contribution is 0.0566. The van der Waals surface area contributed by atoms with Crippen molar-refractivity contribution in [2.45, 2.75) is 19.8 Å². The first kappa shape index (κ1) is 16.5. The zero-order chi connectivity index (χ0) is 16.9. The molecule has 3 heterocycles. The molecule has 0 aromatic carbocycles. The van der Waals surface area contributed by atoms with E-state index in [1.807, 2.05) is 12.1 Å². The van der Waals surface area contributed by atoms with Gasteiger partial charge in [0.15, 0.2) is 0 Å². The van der Waals surface area contributed by atoms with Gasteiger partial charge in [-0.3, -0.25) is 4.79 Å². The van der Waals surface area contributed by atoms with Crippen molar-refractivity contribution in [3.05, 3.63) is 23.9 Å². The topological polar surface area (TPSA) is 66.0 Å². The summed E-state index contributed by atoms with van der Waals surface area (Å²) >= 11 is 0. The van der Waals surface area contributed by atoms with Gasteiger partial charge >= 0.3 is 6.09 Å². The summed E-state index contributed by atoms with van der Waals surface area (Å²) < 4.78 is 5.00. The van der Waals surface area contributed by atoms with E-state index in [2.05, 4.69) is 9.88 Å². The van der Waals surface area contributed by atoms with Crippen molar-refractivity contribution < 1.29 is 14.3 Å². The first-order chi connectivity index (χ1) is 11.7. The van der Waals surface area contributed by atoms with E-state index in [1.165, 1.54) is 12.8 Å². The molecule has 0 unspecified atom stereocenters. The second kappa shape index (κ2) is 7.51. The summed E-state index contributed by atoms with van der Waals surface area (Å²) in [7, 11) is 0. The van der Waals surface area contributed by atoms with Crippen LogP contribution in [0.25, 0.3) is 0 Å². The van der Waals surface area contributed by atoms with Crippen molar-refractivity contribution in [3.63, 3.8) is 0 Å². The Bertz CT molecular complexity index is 593. The first-order valence-corrected chi connectivity index (χ1v) is 8.62. The van der Waals surface area contributed by atoms with Gasteiger partial charge in [-0.2, -0.15) is 0 Å². The van der Waals surface area contributed by atoms with E-state index in [1.54, 1.807) is 22.8 Å². The molecule has 7 nitrogen and oxygen atoms in total. The maximum absolute atomic E-state index is 12.7. The fraction of sp³-hybridized carbons (Fsp3) is 0.588. The molecular weight excluding hydrogens is 308 g/mol. The van der Waals surface area contributed by atoms with Gasteiger partial charge in [-0.1, -0.05) is 6.07 Å². The van der Waals surface area contributed by atoms with Crippen LogP contribution in [0.5, 0.6) is 0 Å². The number of anilines is 1. The van der Waals surface area contributed by atoms with Crippen LogP contribution >= 0.6 is 0 Å². The van der Waals surface area contributed by atoms with E-state index < -0.39 is 0 Å². The number of carbonyl (C=O) groups is 2. The van der Waals surface area contributed by atoms with E-state index in [0.717, 1.165) is 18.9 Å². The largest absolute Gasteiger partial charge is 0.450 e. The molecule has 0 spiro atoms. The Morgan fingerprint density at radius 3 is 2.38 bits per heavy atom. The maximum Gasteiger partial charge on any atom is 0.409 e. The van der Waals surface area contributed by atoms with Gasteiger partial charge in [-0.25, -0.2) is 9.78 Å². The average Bonchev–Trinajstić information content (AvgIpc) is 3.16. The molecule has 2 aliphatic rings. The molecule has 0 saturated carbocycles. The minimum absolute atomic E-state index is 0.0699. The van der Waals surface area contributed by atoms with Crippen LogP contribution in [0.2, 0.25) is 0 Å². The van der Waals surface area contributed by atoms with E-state index in [9.17, 15) is 9.59 Å². The Morgan fingerprint density at radius 1 is 1.04 bits per heavy atom. The number of hydrogen-bond donors (Lipinski definition) is 0. The van der Waals surface area contributed by atoms with Gasteiger partial charge in [0.1, 0.15) is 11.5 Å². The van der Waals surface area contributed by atoms with Crippen LogP contribution in [0, 0.1) is 0 Å². The van der Waals surface area contributed by atoms with Gasteiger partial charge in [-0.15, -0.1) is 0 Å². The number of rotatable bonds is 3. The molecule has 24 heavy (non-hydrogen) atoms. The van der Waals surface area contributed by atoms with E-state index in [-0.39, 0.29) is 12.0 Å². The molecule has 1 aromatic heterocycles. The molecule has 3 rings (SSSR count). The number of nitrogens with zero attached hydrogens (tertiary/aromatic N) is 4. The quantitative estimate of drug-likeness (QED) is 0.841. The second-order valence-electron chi connectivity index (χ2n) is 6.05. The molecular formula is C17H24N4O3. The third-order valence-electron chi connectivity index (χ3n) is 4.48. The number of carbonyl (C=O) groups excluding carboxylic acids is 2. The molecule has 2 amide bonds. The summed E-state index contributed by atoms with van der Waals surface area (Å²) in [5.41, 5.74) is 0.476. The monoisotopic (exact) mass is 332 g/mol. The second-order valence-corrected chi connectivity index (χ2v) is 6.05. The number of pyridine rings is 1. The zero-order valence-corrected chi connectivity index (χ0v) is 14.1. The predicted molar refractivity (Wildman–Crippen MR) is 90.2 cm³/mol. The van der Waals surface area contributed by atoms with Crippen molar-refractivity contribution in [2.75, 3.05) is 50.8 Å². The zero-order valence-electron chi connectivity index (χ0n) is 14.1. The van der Waals surface area contributed by atoms with Crippen LogP contribution in [0.15, 0.2) is 18.2 Å². The highest BCUT2D eigenvalue weighted by Crippen LogP contribution is 2.18. The van der Waals surface area contributed by atoms with Crippen molar-refractivity contribution in [1.82, 2.24) is 14.8 Å². The van der Waals surface area contributed by atoms with Crippen molar-refractivity contribution >= 4 is 17.8 Å². The van der Waals surface area contributed by atoms with Gasteiger partial charge in [-0.05, 0) is 31.9 Å². The molecule has 0 atom stereocenters. The lowest BCUT2D eigenvalue weighted by atomic mass is 10.2. The smallest absolute Gasteiger partial charge is 0.409 e. The van der Waals surface area contributed by atoms with Crippen LogP contribution in [0.4, 0.5) is 10.6 Å². The number of ether oxygens (including phenoxy) is 1. The van der Waals surface area contributed by atoms with Crippen LogP contribution in [0.3, 0.4) is 0 Å². The summed E-state index contributed by atoms with van der Waals surface area (Å²) in [6, 6.07) is 5.61. The van der Waals surface area contributed by atoms with Gasteiger partial charge in [0.25, 0.3) is 5.91 Å². The van der Waals surface area contributed by atoms with Gasteiger partial charge in [0.2, 0.25) is 0 Å². The van der Waals surface area contributed by atoms with Crippen LogP contribution in [-0.2, 0) is 4.74 Å². The van der Waals surface area contributed by atoms with Crippen LogP contribution in [-0.4, -0.2) is 72.7 Å². The minimum Gasteiger partial charge on any atom is -0.450 e. The number of aromatic nitrogens is 1. The fourth-order valence-electron chi connectivity index (χ4n) is 3.13. The SMILES string of the molecule is CCOC(=O)N1CCN(C(=O)c2cccc(N3CCCC3)n2)CC1. The Balaban J connectivity index is 1.61. The highest BCUT2D eigenvalue weighted by Gasteiger charge is 2.26. The number of piperazine rings is 1. The Morgan fingerprint density at radius 2 is 1.71 bits per heavy atom. The van der Waals surface area contributed by atoms with E-state index in [0.29, 0.717) is 38.5 Å². The van der Waals surface area contributed by atoms with Gasteiger partial charge in [0.05, 0.1) is 6.61 Å². The Hall–Kier alpha value is -2.31. The van der Waals surface area contributed by atoms with Crippen molar-refractivity contribution in [2.24, 2.45) is 0 Å². The summed E-state index contributed by atoms with van der Waals surface area (Å²) in [6.45, 7) is 6.17. The standard InChI is InChI=1S/C17H24N4O3/c1-2-24-17(23)21-12-10-20(11-13-21)16(22)14-6-5-7-15(18-14)19-8-3-4-9-19/h5-7H,2-4,8-13H2,1H3. The molecule has 130 valence electrons. The Kier molecular flexibility index (Phi) is 5.17. The third-order valence-corrected chi connectivity index (χ3v) is 4.48. The van der Waals surface area contributed by atoms with E-state index in [4.69, 9.17) is 4.74 Å². The molecule has 1 aromatic rings. The van der Waals surface area contributed by atoms with Gasteiger partial charge in [0, 0.05) is 39.3 Å². The molecule has 0 bridgehead atoms. The molecule has 0 radical (unpaired) electrons. The van der Waals surface area contributed by atoms with Gasteiger partial charge < -0.3 is 19.4 Å². The van der Waals surface area contributed by atoms with Crippen LogP contribution < -0.4 is 4.90 Å².